The van der Waals surface area contributed by atoms with E-state index in [1.165, 1.54) is 0 Å². The number of ether oxygens (including phenoxy) is 1. The monoisotopic (exact) mass is 572 g/mol. The lowest BCUT2D eigenvalue weighted by Gasteiger charge is -2.29. The maximum atomic E-state index is 14.0. The molecule has 1 saturated carbocycles. The molecule has 1 aromatic heterocycles. The molecule has 10 heteroatoms. The number of nitrogens with zero attached hydrogens (tertiary/aromatic N) is 1. The second-order valence-corrected chi connectivity index (χ2v) is 11.6. The highest BCUT2D eigenvalue weighted by atomic mass is 16.5. The van der Waals surface area contributed by atoms with E-state index in [2.05, 4.69) is 15.6 Å². The van der Waals surface area contributed by atoms with Crippen molar-refractivity contribution in [2.24, 2.45) is 17.8 Å². The summed E-state index contributed by atoms with van der Waals surface area (Å²) in [6, 6.07) is 15.5. The molecule has 10 nitrogen and oxygen atoms in total. The Bertz CT molecular complexity index is 1490. The van der Waals surface area contributed by atoms with Gasteiger partial charge in [0, 0.05) is 29.9 Å². The number of likely N-dealkylation sites (tertiary alicyclic amines) is 1. The lowest BCUT2D eigenvalue weighted by molar-refractivity contribution is -0.133. The molecule has 220 valence electrons. The Kier molecular flexibility index (Phi) is 7.97. The number of Topliss-reactive ketones (excluding diaryl/α,β-unsaturated/α-hetero) is 1. The Morgan fingerprint density at radius 3 is 2.67 bits per heavy atom. The lowest BCUT2D eigenvalue weighted by atomic mass is 9.92. The molecule has 0 bridgehead atoms. The number of aromatic nitrogens is 1. The van der Waals surface area contributed by atoms with E-state index in [4.69, 9.17) is 4.74 Å². The van der Waals surface area contributed by atoms with Gasteiger partial charge >= 0.3 is 0 Å². The molecule has 3 fully saturated rings. The summed E-state index contributed by atoms with van der Waals surface area (Å²) in [5.74, 6) is -0.952. The number of ketones is 1. The molecular weight excluding hydrogens is 536 g/mol. The van der Waals surface area contributed by atoms with E-state index in [1.807, 2.05) is 48.5 Å². The van der Waals surface area contributed by atoms with Crippen LogP contribution in [0.15, 0.2) is 54.6 Å². The number of benzene rings is 2. The van der Waals surface area contributed by atoms with Crippen LogP contribution in [0.4, 0.5) is 0 Å². The molecule has 2 aliphatic heterocycles. The van der Waals surface area contributed by atoms with Crippen molar-refractivity contribution in [1.82, 2.24) is 20.5 Å². The fraction of sp³-hybridized carbons (Fsp3) is 0.438. The molecule has 1 aliphatic carbocycles. The number of amides is 3. The highest BCUT2D eigenvalue weighted by Gasteiger charge is 2.50. The Labute approximate surface area is 243 Å². The number of hydrogen-bond donors (Lipinski definition) is 4. The Morgan fingerprint density at radius 1 is 1.07 bits per heavy atom. The minimum absolute atomic E-state index is 0.0113. The SMILES string of the molecule is O=C(CO)C(C[C@@H]1CCNC1=O)NC(=O)[C@@H]1[C@H]2CCC[C@H]2CN1C(=O)c1cc2c(OCc3ccccc3)cccc2[nH]1. The molecule has 42 heavy (non-hydrogen) atoms. The zero-order valence-electron chi connectivity index (χ0n) is 23.4. The van der Waals surface area contributed by atoms with Crippen LogP contribution in [0.25, 0.3) is 10.9 Å². The molecule has 3 amide bonds. The predicted molar refractivity (Wildman–Crippen MR) is 154 cm³/mol. The van der Waals surface area contributed by atoms with Crippen molar-refractivity contribution in [3.63, 3.8) is 0 Å². The van der Waals surface area contributed by atoms with E-state index in [0.717, 1.165) is 35.7 Å². The van der Waals surface area contributed by atoms with Crippen molar-refractivity contribution >= 4 is 34.4 Å². The van der Waals surface area contributed by atoms with E-state index in [9.17, 15) is 24.3 Å². The molecule has 6 rings (SSSR count). The van der Waals surface area contributed by atoms with E-state index >= 15 is 0 Å². The smallest absolute Gasteiger partial charge is 0.271 e. The van der Waals surface area contributed by atoms with E-state index in [1.54, 1.807) is 11.0 Å². The average Bonchev–Trinajstić information content (AvgIpc) is 3.79. The first-order valence-electron chi connectivity index (χ1n) is 14.7. The van der Waals surface area contributed by atoms with Crippen LogP contribution < -0.4 is 15.4 Å². The number of carbonyl (C=O) groups is 4. The van der Waals surface area contributed by atoms with Crippen molar-refractivity contribution < 1.29 is 29.0 Å². The predicted octanol–water partition coefficient (Wildman–Crippen LogP) is 2.56. The Hall–Kier alpha value is -4.18. The van der Waals surface area contributed by atoms with Crippen LogP contribution >= 0.6 is 0 Å². The van der Waals surface area contributed by atoms with Crippen molar-refractivity contribution in [2.75, 3.05) is 19.7 Å². The maximum absolute atomic E-state index is 14.0. The maximum Gasteiger partial charge on any atom is 0.271 e. The number of carbonyl (C=O) groups excluding carboxylic acids is 4. The van der Waals surface area contributed by atoms with Crippen molar-refractivity contribution in [3.05, 3.63) is 65.9 Å². The first kappa shape index (κ1) is 28.0. The normalized spacial score (nSPS) is 23.9. The molecule has 2 saturated heterocycles. The molecule has 1 unspecified atom stereocenters. The zero-order valence-corrected chi connectivity index (χ0v) is 23.4. The van der Waals surface area contributed by atoms with Crippen molar-refractivity contribution in [2.45, 2.75) is 50.8 Å². The molecule has 0 radical (unpaired) electrons. The summed E-state index contributed by atoms with van der Waals surface area (Å²) in [6.45, 7) is 0.637. The molecule has 5 atom stereocenters. The minimum Gasteiger partial charge on any atom is -0.488 e. The first-order valence-corrected chi connectivity index (χ1v) is 14.7. The molecular formula is C32H36N4O6. The van der Waals surface area contributed by atoms with Crippen molar-refractivity contribution in [1.29, 1.82) is 0 Å². The highest BCUT2D eigenvalue weighted by molar-refractivity contribution is 6.02. The van der Waals surface area contributed by atoms with Crippen LogP contribution in [0.5, 0.6) is 5.75 Å². The zero-order chi connectivity index (χ0) is 29.2. The number of rotatable bonds is 10. The van der Waals surface area contributed by atoms with Gasteiger partial charge in [0.15, 0.2) is 5.78 Å². The second-order valence-electron chi connectivity index (χ2n) is 11.6. The fourth-order valence-corrected chi connectivity index (χ4v) is 6.90. The van der Waals surface area contributed by atoms with Crippen LogP contribution in [-0.2, 0) is 21.0 Å². The quantitative estimate of drug-likeness (QED) is 0.294. The summed E-state index contributed by atoms with van der Waals surface area (Å²) in [5, 5.41) is 15.9. The Morgan fingerprint density at radius 2 is 1.90 bits per heavy atom. The van der Waals surface area contributed by atoms with Gasteiger partial charge in [-0.2, -0.15) is 0 Å². The van der Waals surface area contributed by atoms with Gasteiger partial charge in [-0.05, 0) is 61.3 Å². The van der Waals surface area contributed by atoms with E-state index in [0.29, 0.717) is 37.6 Å². The van der Waals surface area contributed by atoms with E-state index < -0.39 is 36.3 Å². The third kappa shape index (κ3) is 5.51. The molecule has 3 aromatic rings. The van der Waals surface area contributed by atoms with E-state index in [-0.39, 0.29) is 30.1 Å². The van der Waals surface area contributed by atoms with Gasteiger partial charge in [0.25, 0.3) is 5.91 Å². The molecule has 3 aliphatic rings. The molecule has 0 spiro atoms. The van der Waals surface area contributed by atoms with Gasteiger partial charge in [-0.3, -0.25) is 19.2 Å². The van der Waals surface area contributed by atoms with Crippen LogP contribution in [0.1, 0.15) is 48.2 Å². The van der Waals surface area contributed by atoms with Crippen LogP contribution in [0.2, 0.25) is 0 Å². The first-order chi connectivity index (χ1) is 20.4. The summed E-state index contributed by atoms with van der Waals surface area (Å²) in [7, 11) is 0. The van der Waals surface area contributed by atoms with Crippen LogP contribution in [-0.4, -0.2) is 70.3 Å². The standard InChI is InChI=1S/C32H36N4O6/c37-17-27(38)25(14-20-12-13-33-30(20)39)35-31(40)29-22-9-4-8-21(22)16-36(29)32(41)26-15-23-24(34-26)10-5-11-28(23)42-18-19-6-2-1-3-7-19/h1-3,5-7,10-11,15,20-22,25,29,34,37H,4,8-9,12-14,16-18H2,(H,33,39)(H,35,40)/t20-,21-,22-,25?,29-/m0/s1. The van der Waals surface area contributed by atoms with Gasteiger partial charge in [-0.25, -0.2) is 0 Å². The number of nitrogens with one attached hydrogen (secondary N) is 3. The summed E-state index contributed by atoms with van der Waals surface area (Å²) >= 11 is 0. The third-order valence-corrected chi connectivity index (χ3v) is 9.06. The minimum atomic E-state index is -0.994. The Balaban J connectivity index is 1.22. The van der Waals surface area contributed by atoms with Crippen LogP contribution in [0, 0.1) is 17.8 Å². The highest BCUT2D eigenvalue weighted by Crippen LogP contribution is 2.43. The number of aliphatic hydroxyl groups excluding tert-OH is 1. The number of aromatic amines is 1. The number of fused-ring (bicyclic) bond motifs is 2. The summed E-state index contributed by atoms with van der Waals surface area (Å²) < 4.78 is 6.09. The van der Waals surface area contributed by atoms with Gasteiger partial charge in [-0.1, -0.05) is 42.8 Å². The molecule has 3 heterocycles. The lowest BCUT2D eigenvalue weighted by Crippen LogP contribution is -2.53. The van der Waals surface area contributed by atoms with Gasteiger partial charge in [0.2, 0.25) is 11.8 Å². The van der Waals surface area contributed by atoms with Gasteiger partial charge in [0.1, 0.15) is 30.7 Å². The van der Waals surface area contributed by atoms with Crippen LogP contribution in [0.3, 0.4) is 0 Å². The van der Waals surface area contributed by atoms with Gasteiger partial charge in [0.05, 0.1) is 6.04 Å². The summed E-state index contributed by atoms with van der Waals surface area (Å²) in [6.07, 6.45) is 3.43. The summed E-state index contributed by atoms with van der Waals surface area (Å²) in [5.41, 5.74) is 2.15. The van der Waals surface area contributed by atoms with Gasteiger partial charge in [-0.15, -0.1) is 0 Å². The number of hydrogen-bond acceptors (Lipinski definition) is 6. The number of aliphatic hydroxyl groups is 1. The number of H-pyrrole nitrogens is 1. The summed E-state index contributed by atoms with van der Waals surface area (Å²) in [4.78, 5) is 57.4. The van der Waals surface area contributed by atoms with Crippen molar-refractivity contribution in [3.8, 4) is 5.75 Å². The topological polar surface area (TPSA) is 141 Å². The molecule has 4 N–H and O–H groups in total. The fourth-order valence-electron chi connectivity index (χ4n) is 6.90. The second kappa shape index (κ2) is 12.0. The average molecular weight is 573 g/mol. The third-order valence-electron chi connectivity index (χ3n) is 9.06. The van der Waals surface area contributed by atoms with Gasteiger partial charge < -0.3 is 30.4 Å². The molecule has 2 aromatic carbocycles. The largest absolute Gasteiger partial charge is 0.488 e.